The van der Waals surface area contributed by atoms with Gasteiger partial charge in [-0.25, -0.2) is 0 Å². The Bertz CT molecular complexity index is 843. The summed E-state index contributed by atoms with van der Waals surface area (Å²) in [6.45, 7) is 0.902. The first kappa shape index (κ1) is 15.7. The molecule has 1 fully saturated rings. The van der Waals surface area contributed by atoms with Gasteiger partial charge in [-0.15, -0.1) is 0 Å². The van der Waals surface area contributed by atoms with E-state index in [2.05, 4.69) is 0 Å². The van der Waals surface area contributed by atoms with Crippen molar-refractivity contribution in [2.45, 2.75) is 6.42 Å². The van der Waals surface area contributed by atoms with Crippen LogP contribution in [0.5, 0.6) is 5.75 Å². The Morgan fingerprint density at radius 3 is 2.76 bits per heavy atom. The van der Waals surface area contributed by atoms with Crippen LogP contribution in [0.3, 0.4) is 0 Å². The molecule has 6 heteroatoms. The van der Waals surface area contributed by atoms with Gasteiger partial charge >= 0.3 is 5.97 Å². The van der Waals surface area contributed by atoms with E-state index in [9.17, 15) is 14.7 Å². The summed E-state index contributed by atoms with van der Waals surface area (Å²) in [5, 5.41) is 10.0. The number of rotatable bonds is 2. The lowest BCUT2D eigenvalue weighted by Crippen LogP contribution is -2.42. The highest BCUT2D eigenvalue weighted by atomic mass is 16.5. The number of carbonyl (C=O) groups excluding carboxylic acids is 1. The summed E-state index contributed by atoms with van der Waals surface area (Å²) < 4.78 is 7.63. The van der Waals surface area contributed by atoms with Crippen LogP contribution in [0, 0.1) is 11.3 Å². The molecule has 0 spiro atoms. The van der Waals surface area contributed by atoms with E-state index < -0.39 is 11.4 Å². The smallest absolute Gasteiger partial charge is 0.312 e. The minimum atomic E-state index is -1.01. The fraction of sp³-hybridized carbons (Fsp3) is 0.368. The molecule has 1 saturated heterocycles. The van der Waals surface area contributed by atoms with Crippen LogP contribution in [0.2, 0.25) is 0 Å². The molecule has 2 aliphatic heterocycles. The van der Waals surface area contributed by atoms with Crippen molar-refractivity contribution in [2.24, 2.45) is 18.4 Å². The fourth-order valence-electron chi connectivity index (χ4n) is 4.03. The van der Waals surface area contributed by atoms with Crippen molar-refractivity contribution >= 4 is 11.9 Å². The number of para-hydroxylation sites is 1. The van der Waals surface area contributed by atoms with E-state index in [1.54, 1.807) is 15.5 Å². The van der Waals surface area contributed by atoms with E-state index in [-0.39, 0.29) is 18.4 Å². The van der Waals surface area contributed by atoms with Gasteiger partial charge in [0.25, 0.3) is 5.91 Å². The SMILES string of the molecule is Cn1cccc1C(=O)N1CC2COc3ccccc3CC2(C(=O)O)C1. The van der Waals surface area contributed by atoms with Gasteiger partial charge in [0, 0.05) is 32.3 Å². The summed E-state index contributed by atoms with van der Waals surface area (Å²) in [6.07, 6.45) is 2.19. The molecule has 4 rings (SSSR count). The summed E-state index contributed by atoms with van der Waals surface area (Å²) in [5.41, 5.74) is 0.451. The number of nitrogens with zero attached hydrogens (tertiary/aromatic N) is 2. The summed E-state index contributed by atoms with van der Waals surface area (Å²) in [4.78, 5) is 26.7. The lowest BCUT2D eigenvalue weighted by molar-refractivity contribution is -0.150. The molecule has 25 heavy (non-hydrogen) atoms. The largest absolute Gasteiger partial charge is 0.493 e. The number of likely N-dealkylation sites (tertiary alicyclic amines) is 1. The van der Waals surface area contributed by atoms with Gasteiger partial charge < -0.3 is 19.3 Å². The Hall–Kier alpha value is -2.76. The third-order valence-electron chi connectivity index (χ3n) is 5.49. The van der Waals surface area contributed by atoms with Crippen LogP contribution in [0.1, 0.15) is 16.1 Å². The highest BCUT2D eigenvalue weighted by Crippen LogP contribution is 2.44. The second-order valence-corrected chi connectivity index (χ2v) is 6.94. The molecule has 2 aliphatic rings. The summed E-state index contributed by atoms with van der Waals surface area (Å²) >= 11 is 0. The van der Waals surface area contributed by atoms with E-state index >= 15 is 0 Å². The first-order chi connectivity index (χ1) is 12.0. The number of amides is 1. The molecule has 1 aromatic carbocycles. The van der Waals surface area contributed by atoms with Crippen molar-refractivity contribution in [3.63, 3.8) is 0 Å². The summed E-state index contributed by atoms with van der Waals surface area (Å²) in [6, 6.07) is 11.1. The highest BCUT2D eigenvalue weighted by molar-refractivity contribution is 5.94. The maximum Gasteiger partial charge on any atom is 0.312 e. The Labute approximate surface area is 145 Å². The van der Waals surface area contributed by atoms with E-state index in [0.29, 0.717) is 25.3 Å². The van der Waals surface area contributed by atoms with Crippen LogP contribution in [0.15, 0.2) is 42.6 Å². The van der Waals surface area contributed by atoms with Crippen LogP contribution in [-0.2, 0) is 18.3 Å². The Balaban J connectivity index is 1.68. The van der Waals surface area contributed by atoms with Gasteiger partial charge in [0.15, 0.2) is 0 Å². The monoisotopic (exact) mass is 340 g/mol. The van der Waals surface area contributed by atoms with Crippen LogP contribution in [0.4, 0.5) is 0 Å². The molecular weight excluding hydrogens is 320 g/mol. The quantitative estimate of drug-likeness (QED) is 0.905. The first-order valence-corrected chi connectivity index (χ1v) is 8.36. The Morgan fingerprint density at radius 2 is 2.04 bits per heavy atom. The minimum Gasteiger partial charge on any atom is -0.493 e. The van der Waals surface area contributed by atoms with Crippen LogP contribution in [0.25, 0.3) is 0 Å². The predicted octanol–water partition coefficient (Wildman–Crippen LogP) is 1.80. The molecule has 130 valence electrons. The average Bonchev–Trinajstić information content (AvgIpc) is 3.14. The van der Waals surface area contributed by atoms with E-state index in [1.165, 1.54) is 0 Å². The average molecular weight is 340 g/mol. The number of benzene rings is 1. The number of hydrogen-bond donors (Lipinski definition) is 1. The second kappa shape index (κ2) is 5.65. The Kier molecular flexibility index (Phi) is 3.56. The molecule has 1 N–H and O–H groups in total. The number of hydrogen-bond acceptors (Lipinski definition) is 3. The molecule has 0 bridgehead atoms. The van der Waals surface area contributed by atoms with Crippen molar-refractivity contribution in [2.75, 3.05) is 19.7 Å². The third-order valence-corrected chi connectivity index (χ3v) is 5.49. The molecule has 1 amide bonds. The van der Waals surface area contributed by atoms with Crippen molar-refractivity contribution < 1.29 is 19.4 Å². The molecule has 0 aliphatic carbocycles. The first-order valence-electron chi connectivity index (χ1n) is 8.36. The number of carboxylic acids is 1. The molecule has 6 nitrogen and oxygen atoms in total. The van der Waals surface area contributed by atoms with Crippen molar-refractivity contribution in [3.05, 3.63) is 53.9 Å². The number of carboxylic acid groups (broad SMARTS) is 1. The fourth-order valence-corrected chi connectivity index (χ4v) is 4.03. The zero-order valence-corrected chi connectivity index (χ0v) is 14.0. The van der Waals surface area contributed by atoms with E-state index in [4.69, 9.17) is 4.74 Å². The number of aliphatic carboxylic acids is 1. The van der Waals surface area contributed by atoms with Gasteiger partial charge in [-0.2, -0.15) is 0 Å². The maximum atomic E-state index is 12.8. The molecule has 3 heterocycles. The van der Waals surface area contributed by atoms with E-state index in [0.717, 1.165) is 11.3 Å². The minimum absolute atomic E-state index is 0.130. The molecule has 2 aromatic rings. The van der Waals surface area contributed by atoms with Gasteiger partial charge in [0.1, 0.15) is 11.4 Å². The number of ether oxygens (including phenoxy) is 1. The third kappa shape index (κ3) is 2.40. The number of carbonyl (C=O) groups is 2. The molecule has 2 unspecified atom stereocenters. The lowest BCUT2D eigenvalue weighted by Gasteiger charge is -2.27. The number of fused-ring (bicyclic) bond motifs is 2. The van der Waals surface area contributed by atoms with Crippen LogP contribution >= 0.6 is 0 Å². The number of aromatic nitrogens is 1. The van der Waals surface area contributed by atoms with E-state index in [1.807, 2.05) is 43.6 Å². The molecule has 0 radical (unpaired) electrons. The van der Waals surface area contributed by atoms with Gasteiger partial charge in [0.05, 0.1) is 12.0 Å². The zero-order chi connectivity index (χ0) is 17.6. The zero-order valence-electron chi connectivity index (χ0n) is 14.0. The van der Waals surface area contributed by atoms with Crippen molar-refractivity contribution in [3.8, 4) is 5.75 Å². The maximum absolute atomic E-state index is 12.8. The second-order valence-electron chi connectivity index (χ2n) is 6.94. The molecule has 0 saturated carbocycles. The van der Waals surface area contributed by atoms with Gasteiger partial charge in [-0.05, 0) is 30.2 Å². The lowest BCUT2D eigenvalue weighted by atomic mass is 9.74. The van der Waals surface area contributed by atoms with Gasteiger partial charge in [0.2, 0.25) is 0 Å². The summed E-state index contributed by atoms with van der Waals surface area (Å²) in [5.74, 6) is -0.478. The topological polar surface area (TPSA) is 71.8 Å². The predicted molar refractivity (Wildman–Crippen MR) is 90.5 cm³/mol. The molecule has 1 aromatic heterocycles. The van der Waals surface area contributed by atoms with Crippen molar-refractivity contribution in [1.82, 2.24) is 9.47 Å². The molecule has 2 atom stereocenters. The van der Waals surface area contributed by atoms with Crippen LogP contribution < -0.4 is 4.74 Å². The standard InChI is InChI=1S/C19H20N2O4/c1-20-8-4-6-15(20)17(22)21-10-14-11-25-16-7-3-2-5-13(16)9-19(14,12-21)18(23)24/h2-8,14H,9-12H2,1H3,(H,23,24). The number of aryl methyl sites for hydroxylation is 1. The Morgan fingerprint density at radius 1 is 1.24 bits per heavy atom. The molecular formula is C19H20N2O4. The van der Waals surface area contributed by atoms with Gasteiger partial charge in [-0.3, -0.25) is 9.59 Å². The van der Waals surface area contributed by atoms with Crippen LogP contribution in [-0.4, -0.2) is 46.1 Å². The van der Waals surface area contributed by atoms with Gasteiger partial charge in [-0.1, -0.05) is 18.2 Å². The van der Waals surface area contributed by atoms with Crippen molar-refractivity contribution in [1.29, 1.82) is 0 Å². The normalized spacial score (nSPS) is 24.8. The highest BCUT2D eigenvalue weighted by Gasteiger charge is 2.55. The summed E-state index contributed by atoms with van der Waals surface area (Å²) in [7, 11) is 1.81.